The number of furan rings is 1. The van der Waals surface area contributed by atoms with E-state index < -0.39 is 0 Å². The maximum Gasteiger partial charge on any atom is 0.297 e. The molecule has 5 rings (SSSR count). The van der Waals surface area contributed by atoms with Crippen molar-refractivity contribution in [2.24, 2.45) is 0 Å². The first-order valence-corrected chi connectivity index (χ1v) is 8.47. The van der Waals surface area contributed by atoms with Crippen LogP contribution in [0.5, 0.6) is 0 Å². The molecule has 4 aromatic rings. The molecule has 0 aliphatic carbocycles. The fraction of sp³-hybridized carbons (Fsp3) is 0.100. The number of rotatable bonds is 3. The standard InChI is InChI=1S/C20H13N3O4/c24-18-12-5-1-2-6-13(12)19(25)23(18)10-9-22-11-21-16-14-7-3-4-8-15(14)27-17(16)20(22)26/h1-8,11H,9-10H2. The fourth-order valence-corrected chi connectivity index (χ4v) is 3.42. The number of amides is 2. The molecule has 0 unspecified atom stereocenters. The summed E-state index contributed by atoms with van der Waals surface area (Å²) in [5.41, 5.74) is 1.71. The summed E-state index contributed by atoms with van der Waals surface area (Å²) < 4.78 is 7.00. The summed E-state index contributed by atoms with van der Waals surface area (Å²) in [5.74, 6) is -0.692. The summed E-state index contributed by atoms with van der Waals surface area (Å²) in [4.78, 5) is 43.1. The highest BCUT2D eigenvalue weighted by molar-refractivity contribution is 6.21. The lowest BCUT2D eigenvalue weighted by Gasteiger charge is -2.14. The lowest BCUT2D eigenvalue weighted by molar-refractivity contribution is 0.0648. The van der Waals surface area contributed by atoms with Crippen LogP contribution in [0.4, 0.5) is 0 Å². The van der Waals surface area contributed by atoms with Gasteiger partial charge in [0.25, 0.3) is 17.4 Å². The molecular weight excluding hydrogens is 346 g/mol. The zero-order valence-electron chi connectivity index (χ0n) is 14.1. The van der Waals surface area contributed by atoms with E-state index in [1.54, 1.807) is 30.3 Å². The van der Waals surface area contributed by atoms with Crippen molar-refractivity contribution in [2.75, 3.05) is 6.54 Å². The van der Waals surface area contributed by atoms with Crippen LogP contribution in [0.25, 0.3) is 22.1 Å². The van der Waals surface area contributed by atoms with Gasteiger partial charge < -0.3 is 4.42 Å². The molecule has 0 saturated heterocycles. The molecule has 27 heavy (non-hydrogen) atoms. The monoisotopic (exact) mass is 359 g/mol. The lowest BCUT2D eigenvalue weighted by atomic mass is 10.1. The minimum atomic E-state index is -0.346. The maximum atomic E-state index is 12.7. The van der Waals surface area contributed by atoms with Crippen LogP contribution in [0, 0.1) is 0 Å². The molecule has 3 heterocycles. The van der Waals surface area contributed by atoms with Gasteiger partial charge in [-0.05, 0) is 24.3 Å². The maximum absolute atomic E-state index is 12.7. The van der Waals surface area contributed by atoms with Crippen LogP contribution in [-0.2, 0) is 6.54 Å². The summed E-state index contributed by atoms with van der Waals surface area (Å²) in [7, 11) is 0. The topological polar surface area (TPSA) is 85.4 Å². The molecule has 7 nitrogen and oxygen atoms in total. The third-order valence-electron chi connectivity index (χ3n) is 4.79. The molecule has 0 saturated carbocycles. The molecule has 0 fully saturated rings. The Bertz CT molecular complexity index is 1270. The van der Waals surface area contributed by atoms with Gasteiger partial charge in [-0.1, -0.05) is 24.3 Å². The molecule has 2 aromatic heterocycles. The number of hydrogen-bond acceptors (Lipinski definition) is 5. The van der Waals surface area contributed by atoms with Crippen LogP contribution in [-0.4, -0.2) is 32.8 Å². The van der Waals surface area contributed by atoms with Crippen molar-refractivity contribution in [3.8, 4) is 0 Å². The number of nitrogens with zero attached hydrogens (tertiary/aromatic N) is 3. The van der Waals surface area contributed by atoms with E-state index in [0.29, 0.717) is 22.2 Å². The van der Waals surface area contributed by atoms with Crippen LogP contribution < -0.4 is 5.56 Å². The van der Waals surface area contributed by atoms with Crippen LogP contribution in [0.2, 0.25) is 0 Å². The molecular formula is C20H13N3O4. The Morgan fingerprint density at radius 2 is 1.52 bits per heavy atom. The van der Waals surface area contributed by atoms with Crippen molar-refractivity contribution >= 4 is 33.9 Å². The molecule has 0 radical (unpaired) electrons. The molecule has 0 bridgehead atoms. The predicted octanol–water partition coefficient (Wildman–Crippen LogP) is 2.44. The Labute approximate surface area is 152 Å². The van der Waals surface area contributed by atoms with Crippen molar-refractivity contribution in [3.05, 3.63) is 76.3 Å². The average Bonchev–Trinajstić information content (AvgIpc) is 3.19. The van der Waals surface area contributed by atoms with Crippen molar-refractivity contribution in [1.29, 1.82) is 0 Å². The van der Waals surface area contributed by atoms with E-state index in [1.165, 1.54) is 10.9 Å². The highest BCUT2D eigenvalue weighted by Crippen LogP contribution is 2.24. The number of carbonyl (C=O) groups is 2. The van der Waals surface area contributed by atoms with Crippen molar-refractivity contribution in [2.45, 2.75) is 6.54 Å². The molecule has 1 aliphatic rings. The van der Waals surface area contributed by atoms with E-state index in [-0.39, 0.29) is 36.0 Å². The normalized spacial score (nSPS) is 13.7. The summed E-state index contributed by atoms with van der Waals surface area (Å²) in [6.07, 6.45) is 1.42. The van der Waals surface area contributed by atoms with Crippen LogP contribution in [0.3, 0.4) is 0 Å². The number of aromatic nitrogens is 2. The van der Waals surface area contributed by atoms with Gasteiger partial charge in [0.1, 0.15) is 11.1 Å². The Balaban J connectivity index is 1.47. The van der Waals surface area contributed by atoms with Crippen LogP contribution in [0.1, 0.15) is 20.7 Å². The number of para-hydroxylation sites is 1. The summed E-state index contributed by atoms with van der Waals surface area (Å²) in [5, 5.41) is 0.775. The van der Waals surface area contributed by atoms with Crippen LogP contribution in [0.15, 0.2) is 64.1 Å². The Hall–Kier alpha value is -3.74. The highest BCUT2D eigenvalue weighted by Gasteiger charge is 2.34. The Kier molecular flexibility index (Phi) is 3.24. The van der Waals surface area contributed by atoms with Gasteiger partial charge in [0.2, 0.25) is 5.58 Å². The molecule has 2 amide bonds. The molecule has 132 valence electrons. The first-order chi connectivity index (χ1) is 13.1. The van der Waals surface area contributed by atoms with Gasteiger partial charge in [-0.3, -0.25) is 23.9 Å². The zero-order chi connectivity index (χ0) is 18.5. The fourth-order valence-electron chi connectivity index (χ4n) is 3.42. The first kappa shape index (κ1) is 15.5. The van der Waals surface area contributed by atoms with Gasteiger partial charge in [-0.2, -0.15) is 0 Å². The van der Waals surface area contributed by atoms with Gasteiger partial charge in [0.05, 0.1) is 17.5 Å². The second kappa shape index (κ2) is 5.63. The van der Waals surface area contributed by atoms with E-state index in [9.17, 15) is 14.4 Å². The second-order valence-corrected chi connectivity index (χ2v) is 6.33. The van der Waals surface area contributed by atoms with Gasteiger partial charge >= 0.3 is 0 Å². The lowest BCUT2D eigenvalue weighted by Crippen LogP contribution is -2.35. The molecule has 1 aliphatic heterocycles. The molecule has 0 atom stereocenters. The number of hydrogen-bond donors (Lipinski definition) is 0. The predicted molar refractivity (Wildman–Crippen MR) is 97.6 cm³/mol. The van der Waals surface area contributed by atoms with Gasteiger partial charge in [-0.25, -0.2) is 4.98 Å². The SMILES string of the molecule is O=C1c2ccccc2C(=O)N1CCn1cnc2c(oc3ccccc32)c1=O. The average molecular weight is 359 g/mol. The van der Waals surface area contributed by atoms with Crippen LogP contribution >= 0.6 is 0 Å². The largest absolute Gasteiger partial charge is 0.448 e. The number of benzene rings is 2. The number of fused-ring (bicyclic) bond motifs is 4. The molecule has 0 spiro atoms. The molecule has 2 aromatic carbocycles. The molecule has 7 heteroatoms. The summed E-state index contributed by atoms with van der Waals surface area (Å²) in [6, 6.07) is 14.0. The number of imide groups is 1. The second-order valence-electron chi connectivity index (χ2n) is 6.33. The summed E-state index contributed by atoms with van der Waals surface area (Å²) >= 11 is 0. The van der Waals surface area contributed by atoms with Crippen molar-refractivity contribution < 1.29 is 14.0 Å². The highest BCUT2D eigenvalue weighted by atomic mass is 16.3. The third-order valence-corrected chi connectivity index (χ3v) is 4.79. The molecule has 0 N–H and O–H groups in total. The van der Waals surface area contributed by atoms with E-state index in [0.717, 1.165) is 10.3 Å². The smallest absolute Gasteiger partial charge is 0.297 e. The van der Waals surface area contributed by atoms with Crippen molar-refractivity contribution in [3.63, 3.8) is 0 Å². The Morgan fingerprint density at radius 1 is 0.852 bits per heavy atom. The van der Waals surface area contributed by atoms with E-state index in [2.05, 4.69) is 4.98 Å². The summed E-state index contributed by atoms with van der Waals surface area (Å²) in [6.45, 7) is 0.226. The first-order valence-electron chi connectivity index (χ1n) is 8.47. The van der Waals surface area contributed by atoms with Gasteiger partial charge in [0.15, 0.2) is 0 Å². The number of carbonyl (C=O) groups excluding carboxylic acids is 2. The van der Waals surface area contributed by atoms with E-state index in [4.69, 9.17) is 4.42 Å². The van der Waals surface area contributed by atoms with Gasteiger partial charge in [-0.15, -0.1) is 0 Å². The Morgan fingerprint density at radius 3 is 2.26 bits per heavy atom. The third kappa shape index (κ3) is 2.21. The quantitative estimate of drug-likeness (QED) is 0.525. The van der Waals surface area contributed by atoms with E-state index >= 15 is 0 Å². The van der Waals surface area contributed by atoms with E-state index in [1.807, 2.05) is 18.2 Å². The zero-order valence-corrected chi connectivity index (χ0v) is 14.1. The van der Waals surface area contributed by atoms with Gasteiger partial charge in [0, 0.05) is 18.5 Å². The minimum absolute atomic E-state index is 0.0830. The minimum Gasteiger partial charge on any atom is -0.448 e. The van der Waals surface area contributed by atoms with Crippen molar-refractivity contribution in [1.82, 2.24) is 14.5 Å².